The van der Waals surface area contributed by atoms with Crippen LogP contribution >= 0.6 is 11.6 Å². The number of aliphatic hydroxyl groups excluding tert-OH is 1. The van der Waals surface area contributed by atoms with Gasteiger partial charge in [0, 0.05) is 18.2 Å². The fourth-order valence-corrected chi connectivity index (χ4v) is 2.92. The molecule has 0 fully saturated rings. The van der Waals surface area contributed by atoms with Gasteiger partial charge in [0.1, 0.15) is 11.6 Å². The van der Waals surface area contributed by atoms with Crippen molar-refractivity contribution in [1.29, 1.82) is 0 Å². The molecule has 0 bridgehead atoms. The van der Waals surface area contributed by atoms with Crippen LogP contribution in [0.3, 0.4) is 0 Å². The molecule has 0 aliphatic rings. The smallest absolute Gasteiger partial charge is 0.406 e. The Hall–Kier alpha value is -3.25. The van der Waals surface area contributed by atoms with Gasteiger partial charge in [0.05, 0.1) is 28.6 Å². The molecule has 0 spiro atoms. The predicted molar refractivity (Wildman–Crippen MR) is 109 cm³/mol. The highest BCUT2D eigenvalue weighted by Crippen LogP contribution is 2.35. The van der Waals surface area contributed by atoms with Crippen LogP contribution in [0.5, 0.6) is 5.75 Å². The third kappa shape index (κ3) is 6.86. The zero-order valence-corrected chi connectivity index (χ0v) is 17.2. The van der Waals surface area contributed by atoms with Crippen LogP contribution in [-0.4, -0.2) is 34.6 Å². The monoisotopic (exact) mass is 492 g/mol. The highest BCUT2D eigenvalue weighted by Gasteiger charge is 2.32. The number of ether oxygens (including phenoxy) is 1. The lowest BCUT2D eigenvalue weighted by Crippen LogP contribution is -2.17. The van der Waals surface area contributed by atoms with E-state index in [9.17, 15) is 26.3 Å². The number of anilines is 3. The van der Waals surface area contributed by atoms with Crippen molar-refractivity contribution in [2.24, 2.45) is 0 Å². The quantitative estimate of drug-likeness (QED) is 0.358. The fraction of sp³-hybridized carbons (Fsp3) is 0.200. The molecule has 0 saturated heterocycles. The summed E-state index contributed by atoms with van der Waals surface area (Å²) in [7, 11) is 0. The Labute approximate surface area is 188 Å². The third-order valence-corrected chi connectivity index (χ3v) is 4.36. The Kier molecular flexibility index (Phi) is 7.18. The summed E-state index contributed by atoms with van der Waals surface area (Å²) in [5, 5.41) is 14.3. The second kappa shape index (κ2) is 9.71. The molecule has 1 heterocycles. The molecule has 0 radical (unpaired) electrons. The summed E-state index contributed by atoms with van der Waals surface area (Å²) < 4.78 is 80.2. The summed E-state index contributed by atoms with van der Waals surface area (Å²) in [6, 6.07) is 9.10. The van der Waals surface area contributed by atoms with Gasteiger partial charge in [0.25, 0.3) is 0 Å². The number of nitrogens with one attached hydrogen (secondary N) is 2. The minimum atomic E-state index is -4.88. The maximum atomic E-state index is 12.9. The van der Waals surface area contributed by atoms with Crippen LogP contribution in [0, 0.1) is 0 Å². The maximum absolute atomic E-state index is 12.9. The van der Waals surface area contributed by atoms with Gasteiger partial charge in [-0.2, -0.15) is 18.2 Å². The van der Waals surface area contributed by atoms with Crippen molar-refractivity contribution in [3.05, 3.63) is 59.1 Å². The van der Waals surface area contributed by atoms with Crippen molar-refractivity contribution in [3.63, 3.8) is 0 Å². The number of benzene rings is 2. The van der Waals surface area contributed by atoms with Crippen molar-refractivity contribution in [2.45, 2.75) is 12.5 Å². The molecule has 2 aromatic carbocycles. The SMILES string of the molecule is OCCNc1nc(Nc2ccc(C(F)(F)F)cc2Cl)cc(-c2cccc(OC(F)(F)F)c2)n1. The Morgan fingerprint density at radius 2 is 1.73 bits per heavy atom. The molecule has 176 valence electrons. The van der Waals surface area contributed by atoms with Crippen LogP contribution in [0.2, 0.25) is 5.02 Å². The summed E-state index contributed by atoms with van der Waals surface area (Å²) in [6.07, 6.45) is -9.46. The van der Waals surface area contributed by atoms with Gasteiger partial charge in [0.15, 0.2) is 0 Å². The van der Waals surface area contributed by atoms with Gasteiger partial charge >= 0.3 is 12.5 Å². The van der Waals surface area contributed by atoms with Gasteiger partial charge in [-0.25, -0.2) is 4.98 Å². The largest absolute Gasteiger partial charge is 0.573 e. The fourth-order valence-electron chi connectivity index (χ4n) is 2.69. The van der Waals surface area contributed by atoms with Gasteiger partial charge in [-0.1, -0.05) is 23.7 Å². The summed E-state index contributed by atoms with van der Waals surface area (Å²) >= 11 is 5.97. The molecular weight excluding hydrogens is 478 g/mol. The molecule has 13 heteroatoms. The van der Waals surface area contributed by atoms with Gasteiger partial charge in [-0.3, -0.25) is 0 Å². The Balaban J connectivity index is 1.97. The third-order valence-electron chi connectivity index (χ3n) is 4.04. The minimum Gasteiger partial charge on any atom is -0.406 e. The van der Waals surface area contributed by atoms with E-state index in [0.717, 1.165) is 30.3 Å². The standard InChI is InChI=1S/C20H15ClF6N4O2/c21-14-9-12(19(22,23)24)4-5-15(14)29-17-10-16(30-18(31-17)28-6-7-32)11-2-1-3-13(8-11)33-20(25,26)27/h1-5,8-10,32H,6-7H2,(H2,28,29,30,31). The summed E-state index contributed by atoms with van der Waals surface area (Å²) in [5.41, 5.74) is -0.416. The molecule has 0 atom stereocenters. The first-order valence-corrected chi connectivity index (χ1v) is 9.56. The molecule has 0 unspecified atom stereocenters. The van der Waals surface area contributed by atoms with Crippen molar-refractivity contribution >= 4 is 29.1 Å². The van der Waals surface area contributed by atoms with E-state index >= 15 is 0 Å². The van der Waals surface area contributed by atoms with E-state index in [2.05, 4.69) is 25.3 Å². The van der Waals surface area contributed by atoms with Gasteiger partial charge in [-0.05, 0) is 30.3 Å². The molecule has 0 amide bonds. The van der Waals surface area contributed by atoms with Gasteiger partial charge < -0.3 is 20.5 Å². The maximum Gasteiger partial charge on any atom is 0.573 e. The summed E-state index contributed by atoms with van der Waals surface area (Å²) in [5.74, 6) is -0.373. The van der Waals surface area contributed by atoms with E-state index in [1.165, 1.54) is 18.2 Å². The van der Waals surface area contributed by atoms with E-state index < -0.39 is 23.9 Å². The number of aliphatic hydroxyl groups is 1. The molecule has 1 aromatic heterocycles. The number of hydrogen-bond donors (Lipinski definition) is 3. The molecule has 6 nitrogen and oxygen atoms in total. The van der Waals surface area contributed by atoms with Crippen LogP contribution in [0.1, 0.15) is 5.56 Å². The summed E-state index contributed by atoms with van der Waals surface area (Å²) in [6.45, 7) is -0.183. The molecule has 3 N–H and O–H groups in total. The zero-order chi connectivity index (χ0) is 24.2. The average Bonchev–Trinajstić information content (AvgIpc) is 2.72. The number of nitrogens with zero attached hydrogens (tertiary/aromatic N) is 2. The molecule has 0 aliphatic carbocycles. The lowest BCUT2D eigenvalue weighted by Gasteiger charge is -2.14. The number of aromatic nitrogens is 2. The number of halogens is 7. The highest BCUT2D eigenvalue weighted by molar-refractivity contribution is 6.33. The van der Waals surface area contributed by atoms with E-state index in [1.807, 2.05) is 0 Å². The first-order valence-electron chi connectivity index (χ1n) is 9.18. The molecule has 0 saturated carbocycles. The van der Waals surface area contributed by atoms with Gasteiger partial charge in [0.2, 0.25) is 5.95 Å². The van der Waals surface area contributed by atoms with Crippen LogP contribution in [-0.2, 0) is 6.18 Å². The van der Waals surface area contributed by atoms with Crippen molar-refractivity contribution < 1.29 is 36.2 Å². The first kappa shape index (κ1) is 24.4. The lowest BCUT2D eigenvalue weighted by molar-refractivity contribution is -0.274. The first-order chi connectivity index (χ1) is 15.4. The Morgan fingerprint density at radius 1 is 0.970 bits per heavy atom. The second-order valence-corrected chi connectivity index (χ2v) is 6.91. The van der Waals surface area contributed by atoms with Crippen LogP contribution < -0.4 is 15.4 Å². The number of rotatable bonds is 7. The average molecular weight is 493 g/mol. The highest BCUT2D eigenvalue weighted by atomic mass is 35.5. The van der Waals surface area contributed by atoms with Crippen LogP contribution in [0.25, 0.3) is 11.3 Å². The molecule has 3 rings (SSSR count). The zero-order valence-electron chi connectivity index (χ0n) is 16.4. The Bertz CT molecular complexity index is 1120. The van der Waals surface area contributed by atoms with Gasteiger partial charge in [-0.15, -0.1) is 13.2 Å². The number of alkyl halides is 6. The van der Waals surface area contributed by atoms with E-state index in [0.29, 0.717) is 0 Å². The number of hydrogen-bond acceptors (Lipinski definition) is 6. The van der Waals surface area contributed by atoms with Crippen LogP contribution in [0.4, 0.5) is 43.8 Å². The van der Waals surface area contributed by atoms with Crippen molar-refractivity contribution in [3.8, 4) is 17.0 Å². The molecule has 3 aromatic rings. The van der Waals surface area contributed by atoms with E-state index in [4.69, 9.17) is 16.7 Å². The van der Waals surface area contributed by atoms with E-state index in [1.54, 1.807) is 0 Å². The molecular formula is C20H15ClF6N4O2. The lowest BCUT2D eigenvalue weighted by atomic mass is 10.1. The minimum absolute atomic E-state index is 0.00854. The van der Waals surface area contributed by atoms with Crippen molar-refractivity contribution in [2.75, 3.05) is 23.8 Å². The predicted octanol–water partition coefficient (Wildman–Crippen LogP) is 5.86. The second-order valence-electron chi connectivity index (χ2n) is 6.51. The Morgan fingerprint density at radius 3 is 2.36 bits per heavy atom. The van der Waals surface area contributed by atoms with E-state index in [-0.39, 0.29) is 46.9 Å². The summed E-state index contributed by atoms with van der Waals surface area (Å²) in [4.78, 5) is 8.35. The normalized spacial score (nSPS) is 11.9. The topological polar surface area (TPSA) is 79.3 Å². The van der Waals surface area contributed by atoms with Crippen LogP contribution in [0.15, 0.2) is 48.5 Å². The molecule has 0 aliphatic heterocycles. The van der Waals surface area contributed by atoms with Crippen molar-refractivity contribution in [1.82, 2.24) is 9.97 Å². The molecule has 33 heavy (non-hydrogen) atoms.